The summed E-state index contributed by atoms with van der Waals surface area (Å²) in [5.74, 6) is 0.164. The molecule has 3 rings (SSSR count). The molecule has 0 aliphatic heterocycles. The van der Waals surface area contributed by atoms with Crippen LogP contribution in [-0.2, 0) is 13.6 Å². The summed E-state index contributed by atoms with van der Waals surface area (Å²) in [6.07, 6.45) is 7.02. The van der Waals surface area contributed by atoms with Crippen molar-refractivity contribution in [3.05, 3.63) is 53.6 Å². The lowest BCUT2D eigenvalue weighted by atomic mass is 9.77. The third kappa shape index (κ3) is 3.75. The maximum absolute atomic E-state index is 13.2. The van der Waals surface area contributed by atoms with Crippen molar-refractivity contribution < 1.29 is 9.18 Å². The lowest BCUT2D eigenvalue weighted by Gasteiger charge is -2.35. The van der Waals surface area contributed by atoms with Crippen LogP contribution in [-0.4, -0.2) is 27.8 Å². The fraction of sp³-hybridized carbons (Fsp3) is 0.444. The highest BCUT2D eigenvalue weighted by molar-refractivity contribution is 5.74. The molecule has 128 valence electrons. The molecule has 24 heavy (non-hydrogen) atoms. The highest BCUT2D eigenvalue weighted by Gasteiger charge is 2.30. The fourth-order valence-corrected chi connectivity index (χ4v) is 3.06. The Morgan fingerprint density at radius 2 is 2.12 bits per heavy atom. The van der Waals surface area contributed by atoms with Gasteiger partial charge in [-0.1, -0.05) is 18.6 Å². The standard InChI is InChI=1S/C18H23FN4O/c1-22(11-13-10-20-23(2)12-13)18(24)21-17(14-4-3-5-14)15-6-8-16(19)9-7-15/h6-10,12,14,17H,3-5,11H2,1-2H3,(H,21,24)/t17-/m1/s1. The molecule has 1 fully saturated rings. The van der Waals surface area contributed by atoms with E-state index in [4.69, 9.17) is 0 Å². The topological polar surface area (TPSA) is 50.2 Å². The molecule has 1 aliphatic rings. The van der Waals surface area contributed by atoms with Crippen LogP contribution in [0, 0.1) is 11.7 Å². The first kappa shape index (κ1) is 16.5. The van der Waals surface area contributed by atoms with E-state index in [1.54, 1.807) is 35.0 Å². The van der Waals surface area contributed by atoms with Gasteiger partial charge in [-0.25, -0.2) is 9.18 Å². The molecular formula is C18H23FN4O. The van der Waals surface area contributed by atoms with Gasteiger partial charge in [0, 0.05) is 25.9 Å². The normalized spacial score (nSPS) is 15.6. The zero-order valence-electron chi connectivity index (χ0n) is 14.1. The van der Waals surface area contributed by atoms with Crippen LogP contribution in [0.5, 0.6) is 0 Å². The third-order valence-electron chi connectivity index (χ3n) is 4.65. The Hall–Kier alpha value is -2.37. The van der Waals surface area contributed by atoms with E-state index in [2.05, 4.69) is 10.4 Å². The molecule has 0 saturated heterocycles. The molecule has 6 heteroatoms. The lowest BCUT2D eigenvalue weighted by Crippen LogP contribution is -2.42. The summed E-state index contributed by atoms with van der Waals surface area (Å²) in [6.45, 7) is 0.500. The van der Waals surface area contributed by atoms with Gasteiger partial charge in [0.15, 0.2) is 0 Å². The molecule has 5 nitrogen and oxygen atoms in total. The minimum absolute atomic E-state index is 0.0665. The predicted octanol–water partition coefficient (Wildman–Crippen LogP) is 3.24. The Labute approximate surface area is 141 Å². The molecule has 2 amide bonds. The van der Waals surface area contributed by atoms with Crippen molar-refractivity contribution in [1.82, 2.24) is 20.0 Å². The molecule has 0 bridgehead atoms. The Morgan fingerprint density at radius 3 is 2.67 bits per heavy atom. The number of aromatic nitrogens is 2. The molecule has 1 N–H and O–H groups in total. The second-order valence-corrected chi connectivity index (χ2v) is 6.55. The minimum atomic E-state index is -0.258. The first-order valence-electron chi connectivity index (χ1n) is 8.27. The van der Waals surface area contributed by atoms with Crippen LogP contribution in [0.4, 0.5) is 9.18 Å². The Bertz CT molecular complexity index is 693. The van der Waals surface area contributed by atoms with Crippen molar-refractivity contribution in [2.75, 3.05) is 7.05 Å². The summed E-state index contributed by atoms with van der Waals surface area (Å²) in [7, 11) is 3.62. The van der Waals surface area contributed by atoms with Crippen molar-refractivity contribution in [2.24, 2.45) is 13.0 Å². The SMILES string of the molecule is CN(Cc1cnn(C)c1)C(=O)N[C@@H](c1ccc(F)cc1)C1CCC1. The van der Waals surface area contributed by atoms with Crippen LogP contribution in [0.15, 0.2) is 36.7 Å². The smallest absolute Gasteiger partial charge is 0.317 e. The van der Waals surface area contributed by atoms with E-state index in [1.165, 1.54) is 18.6 Å². The number of carbonyl (C=O) groups excluding carboxylic acids is 1. The van der Waals surface area contributed by atoms with Crippen LogP contribution in [0.3, 0.4) is 0 Å². The van der Waals surface area contributed by atoms with E-state index in [0.717, 1.165) is 24.0 Å². The summed E-state index contributed by atoms with van der Waals surface area (Å²) in [5, 5.41) is 7.24. The average molecular weight is 330 g/mol. The van der Waals surface area contributed by atoms with E-state index in [9.17, 15) is 9.18 Å². The Morgan fingerprint density at radius 1 is 1.42 bits per heavy atom. The van der Waals surface area contributed by atoms with E-state index < -0.39 is 0 Å². The quantitative estimate of drug-likeness (QED) is 0.915. The minimum Gasteiger partial charge on any atom is -0.331 e. The zero-order chi connectivity index (χ0) is 17.1. The number of benzene rings is 1. The molecule has 0 radical (unpaired) electrons. The molecule has 1 saturated carbocycles. The van der Waals surface area contributed by atoms with Crippen molar-refractivity contribution >= 4 is 6.03 Å². The Kier molecular flexibility index (Phi) is 4.83. The highest BCUT2D eigenvalue weighted by atomic mass is 19.1. The van der Waals surface area contributed by atoms with Gasteiger partial charge in [0.05, 0.1) is 18.8 Å². The number of urea groups is 1. The summed E-state index contributed by atoms with van der Waals surface area (Å²) in [5.41, 5.74) is 1.95. The van der Waals surface area contributed by atoms with Gasteiger partial charge in [-0.05, 0) is 36.5 Å². The monoisotopic (exact) mass is 330 g/mol. The van der Waals surface area contributed by atoms with Gasteiger partial charge in [-0.3, -0.25) is 4.68 Å². The summed E-state index contributed by atoms with van der Waals surface area (Å²) >= 11 is 0. The van der Waals surface area contributed by atoms with Crippen molar-refractivity contribution in [2.45, 2.75) is 31.8 Å². The number of nitrogens with one attached hydrogen (secondary N) is 1. The number of nitrogens with zero attached hydrogens (tertiary/aromatic N) is 3. The van der Waals surface area contributed by atoms with Crippen molar-refractivity contribution in [3.63, 3.8) is 0 Å². The average Bonchev–Trinajstić information content (AvgIpc) is 2.90. The van der Waals surface area contributed by atoms with Crippen LogP contribution in [0.2, 0.25) is 0 Å². The van der Waals surface area contributed by atoms with Gasteiger partial charge >= 0.3 is 6.03 Å². The second kappa shape index (κ2) is 7.03. The number of rotatable bonds is 5. The summed E-state index contributed by atoms with van der Waals surface area (Å²) in [4.78, 5) is 14.2. The molecule has 2 aromatic rings. The number of hydrogen-bond donors (Lipinski definition) is 1. The van der Waals surface area contributed by atoms with Crippen LogP contribution < -0.4 is 5.32 Å². The molecule has 1 atom stereocenters. The fourth-order valence-electron chi connectivity index (χ4n) is 3.06. The number of carbonyl (C=O) groups is 1. The molecule has 0 spiro atoms. The van der Waals surface area contributed by atoms with Gasteiger partial charge in [0.2, 0.25) is 0 Å². The van der Waals surface area contributed by atoms with E-state index in [1.807, 2.05) is 13.2 Å². The number of hydrogen-bond acceptors (Lipinski definition) is 2. The largest absolute Gasteiger partial charge is 0.331 e. The molecule has 1 aromatic heterocycles. The molecule has 1 aromatic carbocycles. The van der Waals surface area contributed by atoms with Gasteiger partial charge in [-0.2, -0.15) is 5.10 Å². The van der Waals surface area contributed by atoms with Crippen molar-refractivity contribution in [1.29, 1.82) is 0 Å². The maximum Gasteiger partial charge on any atom is 0.317 e. The van der Waals surface area contributed by atoms with Crippen molar-refractivity contribution in [3.8, 4) is 0 Å². The van der Waals surface area contributed by atoms with Crippen LogP contribution in [0.25, 0.3) is 0 Å². The van der Waals surface area contributed by atoms with Crippen LogP contribution >= 0.6 is 0 Å². The van der Waals surface area contributed by atoms with Gasteiger partial charge in [0.1, 0.15) is 5.82 Å². The summed E-state index contributed by atoms with van der Waals surface area (Å²) in [6, 6.07) is 6.24. The molecule has 1 aliphatic carbocycles. The van der Waals surface area contributed by atoms with E-state index in [-0.39, 0.29) is 17.9 Å². The zero-order valence-corrected chi connectivity index (χ0v) is 14.1. The van der Waals surface area contributed by atoms with E-state index >= 15 is 0 Å². The first-order chi connectivity index (χ1) is 11.5. The number of aryl methyl sites for hydroxylation is 1. The summed E-state index contributed by atoms with van der Waals surface area (Å²) < 4.78 is 14.9. The highest BCUT2D eigenvalue weighted by Crippen LogP contribution is 2.37. The van der Waals surface area contributed by atoms with E-state index in [0.29, 0.717) is 12.5 Å². The second-order valence-electron chi connectivity index (χ2n) is 6.55. The molecule has 1 heterocycles. The number of amides is 2. The van der Waals surface area contributed by atoms with Gasteiger partial charge in [-0.15, -0.1) is 0 Å². The predicted molar refractivity (Wildman–Crippen MR) is 89.7 cm³/mol. The first-order valence-corrected chi connectivity index (χ1v) is 8.27. The lowest BCUT2D eigenvalue weighted by molar-refractivity contribution is 0.182. The number of halogens is 1. The van der Waals surface area contributed by atoms with Gasteiger partial charge < -0.3 is 10.2 Å². The molecular weight excluding hydrogens is 307 g/mol. The van der Waals surface area contributed by atoms with Gasteiger partial charge in [0.25, 0.3) is 0 Å². The Balaban J connectivity index is 1.67. The molecule has 0 unspecified atom stereocenters. The van der Waals surface area contributed by atoms with Crippen LogP contribution in [0.1, 0.15) is 36.4 Å². The third-order valence-corrected chi connectivity index (χ3v) is 4.65. The maximum atomic E-state index is 13.2.